The molecule has 0 amide bonds. The predicted octanol–water partition coefficient (Wildman–Crippen LogP) is 3.21. The van der Waals surface area contributed by atoms with Crippen molar-refractivity contribution in [2.45, 2.75) is 25.7 Å². The number of fused-ring (bicyclic) bond motifs is 2. The summed E-state index contributed by atoms with van der Waals surface area (Å²) >= 11 is 0. The summed E-state index contributed by atoms with van der Waals surface area (Å²) in [5, 5.41) is 9.33. The van der Waals surface area contributed by atoms with Crippen molar-refractivity contribution in [3.05, 3.63) is 24.3 Å². The number of phenolic OH excluding ortho intramolecular Hbond substituents is 1. The van der Waals surface area contributed by atoms with Crippen LogP contribution in [0, 0.1) is 17.8 Å². The van der Waals surface area contributed by atoms with Crippen LogP contribution >= 0.6 is 0 Å². The van der Waals surface area contributed by atoms with E-state index < -0.39 is 0 Å². The van der Waals surface area contributed by atoms with Crippen LogP contribution < -0.4 is 4.74 Å². The lowest BCUT2D eigenvalue weighted by molar-refractivity contribution is 0.195. The molecule has 2 nitrogen and oxygen atoms in total. The van der Waals surface area contributed by atoms with Crippen LogP contribution in [0.4, 0.5) is 0 Å². The second-order valence-electron chi connectivity index (χ2n) is 5.24. The minimum Gasteiger partial charge on any atom is -0.508 e. The van der Waals surface area contributed by atoms with E-state index >= 15 is 0 Å². The number of hydrogen-bond acceptors (Lipinski definition) is 2. The van der Waals surface area contributed by atoms with Gasteiger partial charge in [-0.15, -0.1) is 0 Å². The number of phenols is 1. The molecule has 0 saturated heterocycles. The lowest BCUT2D eigenvalue weighted by atomic mass is 9.89. The maximum atomic E-state index is 9.33. The van der Waals surface area contributed by atoms with Gasteiger partial charge in [0.25, 0.3) is 0 Å². The van der Waals surface area contributed by atoms with Crippen molar-refractivity contribution in [1.29, 1.82) is 0 Å². The zero-order valence-electron chi connectivity index (χ0n) is 9.43. The van der Waals surface area contributed by atoms with E-state index in [9.17, 15) is 5.11 Å². The first-order valence-corrected chi connectivity index (χ1v) is 6.23. The lowest BCUT2D eigenvalue weighted by Gasteiger charge is -2.21. The Hall–Kier alpha value is -1.18. The summed E-state index contributed by atoms with van der Waals surface area (Å²) in [6.07, 6.45) is 5.61. The zero-order valence-corrected chi connectivity index (χ0v) is 9.43. The van der Waals surface area contributed by atoms with E-state index in [1.807, 2.05) is 12.1 Å². The molecule has 2 bridgehead atoms. The highest BCUT2D eigenvalue weighted by atomic mass is 16.5. The van der Waals surface area contributed by atoms with E-state index in [0.29, 0.717) is 0 Å². The molecule has 16 heavy (non-hydrogen) atoms. The molecule has 0 spiro atoms. The molecule has 0 radical (unpaired) electrons. The lowest BCUT2D eigenvalue weighted by Crippen LogP contribution is -2.18. The van der Waals surface area contributed by atoms with Crippen LogP contribution in [0.25, 0.3) is 0 Å². The fourth-order valence-corrected chi connectivity index (χ4v) is 3.36. The van der Waals surface area contributed by atoms with Crippen LogP contribution in [0.2, 0.25) is 0 Å². The van der Waals surface area contributed by atoms with Crippen molar-refractivity contribution in [3.63, 3.8) is 0 Å². The van der Waals surface area contributed by atoms with Gasteiger partial charge in [0.15, 0.2) is 0 Å². The van der Waals surface area contributed by atoms with Gasteiger partial charge < -0.3 is 9.84 Å². The molecule has 3 atom stereocenters. The summed E-state index contributed by atoms with van der Waals surface area (Å²) in [4.78, 5) is 0. The van der Waals surface area contributed by atoms with Crippen molar-refractivity contribution in [2.75, 3.05) is 6.61 Å². The number of rotatable bonds is 3. The monoisotopic (exact) mass is 218 g/mol. The zero-order chi connectivity index (χ0) is 11.0. The average molecular weight is 218 g/mol. The SMILES string of the molecule is Oc1cccc(OCC2CC3CCC2C3)c1. The van der Waals surface area contributed by atoms with Crippen molar-refractivity contribution in [2.24, 2.45) is 17.8 Å². The summed E-state index contributed by atoms with van der Waals surface area (Å²) in [5.41, 5.74) is 0. The minimum atomic E-state index is 0.283. The van der Waals surface area contributed by atoms with Gasteiger partial charge in [-0.1, -0.05) is 12.5 Å². The maximum Gasteiger partial charge on any atom is 0.122 e. The van der Waals surface area contributed by atoms with E-state index in [1.54, 1.807) is 12.1 Å². The third kappa shape index (κ3) is 1.89. The summed E-state index contributed by atoms with van der Waals surface area (Å²) < 4.78 is 5.76. The molecule has 0 aromatic heterocycles. The molecule has 2 fully saturated rings. The molecule has 0 heterocycles. The highest BCUT2D eigenvalue weighted by Gasteiger charge is 2.39. The topological polar surface area (TPSA) is 29.5 Å². The second-order valence-corrected chi connectivity index (χ2v) is 5.24. The van der Waals surface area contributed by atoms with Crippen LogP contribution in [0.5, 0.6) is 11.5 Å². The average Bonchev–Trinajstić information content (AvgIpc) is 2.88. The van der Waals surface area contributed by atoms with Gasteiger partial charge in [0.1, 0.15) is 11.5 Å². The Balaban J connectivity index is 1.57. The molecule has 1 aromatic rings. The fourth-order valence-electron chi connectivity index (χ4n) is 3.36. The van der Waals surface area contributed by atoms with Crippen LogP contribution in [0.3, 0.4) is 0 Å². The second kappa shape index (κ2) is 4.00. The van der Waals surface area contributed by atoms with E-state index in [-0.39, 0.29) is 5.75 Å². The first kappa shape index (κ1) is 10.0. The number of aromatic hydroxyl groups is 1. The van der Waals surface area contributed by atoms with Crippen molar-refractivity contribution >= 4 is 0 Å². The molecule has 3 unspecified atom stereocenters. The van der Waals surface area contributed by atoms with Gasteiger partial charge in [0.2, 0.25) is 0 Å². The van der Waals surface area contributed by atoms with Crippen molar-refractivity contribution in [1.82, 2.24) is 0 Å². The summed E-state index contributed by atoms with van der Waals surface area (Å²) in [6.45, 7) is 0.824. The molecule has 2 saturated carbocycles. The molecule has 86 valence electrons. The van der Waals surface area contributed by atoms with Gasteiger partial charge in [0.05, 0.1) is 6.61 Å². The van der Waals surface area contributed by atoms with Crippen LogP contribution in [0.15, 0.2) is 24.3 Å². The van der Waals surface area contributed by atoms with E-state index in [0.717, 1.165) is 30.1 Å². The van der Waals surface area contributed by atoms with Crippen molar-refractivity contribution in [3.8, 4) is 11.5 Å². The Bertz CT molecular complexity index is 375. The predicted molar refractivity (Wildman–Crippen MR) is 62.5 cm³/mol. The molecule has 2 aliphatic rings. The fraction of sp³-hybridized carbons (Fsp3) is 0.571. The van der Waals surface area contributed by atoms with Gasteiger partial charge in [-0.2, -0.15) is 0 Å². The number of hydrogen-bond donors (Lipinski definition) is 1. The van der Waals surface area contributed by atoms with Gasteiger partial charge in [0, 0.05) is 6.07 Å². The molecular weight excluding hydrogens is 200 g/mol. The Kier molecular flexibility index (Phi) is 2.50. The van der Waals surface area contributed by atoms with Gasteiger partial charge in [-0.25, -0.2) is 0 Å². The molecule has 2 heteroatoms. The van der Waals surface area contributed by atoms with Gasteiger partial charge in [-0.3, -0.25) is 0 Å². The molecule has 0 aliphatic heterocycles. The van der Waals surface area contributed by atoms with E-state index in [4.69, 9.17) is 4.74 Å². The Morgan fingerprint density at radius 3 is 2.88 bits per heavy atom. The van der Waals surface area contributed by atoms with Crippen molar-refractivity contribution < 1.29 is 9.84 Å². The molecule has 3 rings (SSSR count). The third-order valence-electron chi connectivity index (χ3n) is 4.17. The number of benzene rings is 1. The van der Waals surface area contributed by atoms with Crippen LogP contribution in [-0.2, 0) is 0 Å². The normalized spacial score (nSPS) is 31.9. The smallest absolute Gasteiger partial charge is 0.122 e. The standard InChI is InChI=1S/C14H18O2/c15-13-2-1-3-14(8-13)16-9-12-7-10-4-5-11(12)6-10/h1-3,8,10-12,15H,4-7,9H2. The Labute approximate surface area is 96.2 Å². The van der Waals surface area contributed by atoms with E-state index in [1.165, 1.54) is 25.7 Å². The molecule has 2 aliphatic carbocycles. The maximum absolute atomic E-state index is 9.33. The molecule has 1 aromatic carbocycles. The summed E-state index contributed by atoms with van der Waals surface area (Å²) in [5.74, 6) is 3.71. The largest absolute Gasteiger partial charge is 0.508 e. The quantitative estimate of drug-likeness (QED) is 0.844. The highest BCUT2D eigenvalue weighted by Crippen LogP contribution is 2.48. The van der Waals surface area contributed by atoms with Crippen LogP contribution in [-0.4, -0.2) is 11.7 Å². The highest BCUT2D eigenvalue weighted by molar-refractivity contribution is 5.31. The first-order chi connectivity index (χ1) is 7.81. The van der Waals surface area contributed by atoms with Gasteiger partial charge in [-0.05, 0) is 49.1 Å². The minimum absolute atomic E-state index is 0.283. The van der Waals surface area contributed by atoms with E-state index in [2.05, 4.69) is 0 Å². The van der Waals surface area contributed by atoms with Crippen LogP contribution in [0.1, 0.15) is 25.7 Å². The Morgan fingerprint density at radius 2 is 2.19 bits per heavy atom. The summed E-state index contributed by atoms with van der Waals surface area (Å²) in [6, 6.07) is 7.09. The Morgan fingerprint density at radius 1 is 1.25 bits per heavy atom. The molecule has 1 N–H and O–H groups in total. The molecular formula is C14H18O2. The first-order valence-electron chi connectivity index (χ1n) is 6.23. The van der Waals surface area contributed by atoms with Gasteiger partial charge >= 0.3 is 0 Å². The summed E-state index contributed by atoms with van der Waals surface area (Å²) in [7, 11) is 0. The third-order valence-corrected chi connectivity index (χ3v) is 4.17. The number of ether oxygens (including phenoxy) is 1.